The molecule has 0 bridgehead atoms. The van der Waals surface area contributed by atoms with E-state index in [2.05, 4.69) is 4.98 Å². The zero-order chi connectivity index (χ0) is 13.1. The summed E-state index contributed by atoms with van der Waals surface area (Å²) in [6, 6.07) is 8.27. The molecule has 1 aromatic heterocycles. The summed E-state index contributed by atoms with van der Waals surface area (Å²) < 4.78 is 19.0. The number of aryl methyl sites for hydroxylation is 1. The van der Waals surface area contributed by atoms with Crippen LogP contribution in [0.1, 0.15) is 12.6 Å². The van der Waals surface area contributed by atoms with Crippen LogP contribution in [0.3, 0.4) is 0 Å². The Kier molecular flexibility index (Phi) is 3.46. The summed E-state index contributed by atoms with van der Waals surface area (Å²) in [5.74, 6) is 0.623. The summed E-state index contributed by atoms with van der Waals surface area (Å²) in [7, 11) is 1.51. The fraction of sp³-hybridized carbons (Fsp3) is 0.214. The molecule has 2 rings (SSSR count). The predicted molar refractivity (Wildman–Crippen MR) is 70.0 cm³/mol. The van der Waals surface area contributed by atoms with Crippen molar-refractivity contribution in [3.8, 4) is 16.9 Å². The molecule has 1 heterocycles. The average molecular weight is 246 g/mol. The molecule has 0 fully saturated rings. The Morgan fingerprint density at radius 1 is 1.22 bits per heavy atom. The Bertz CT molecular complexity index is 570. The maximum atomic E-state index is 14.0. The van der Waals surface area contributed by atoms with Gasteiger partial charge in [-0.2, -0.15) is 0 Å². The third kappa shape index (κ3) is 2.27. The fourth-order valence-corrected chi connectivity index (χ4v) is 1.87. The Morgan fingerprint density at radius 2 is 1.94 bits per heavy atom. The van der Waals surface area contributed by atoms with E-state index >= 15 is 0 Å². The lowest BCUT2D eigenvalue weighted by Crippen LogP contribution is -1.98. The van der Waals surface area contributed by atoms with Crippen molar-refractivity contribution in [2.75, 3.05) is 12.8 Å². The van der Waals surface area contributed by atoms with Gasteiger partial charge in [0.05, 0.1) is 12.8 Å². The third-order valence-electron chi connectivity index (χ3n) is 2.80. The molecule has 0 aliphatic rings. The first-order valence-electron chi connectivity index (χ1n) is 5.75. The van der Waals surface area contributed by atoms with Crippen molar-refractivity contribution in [3.05, 3.63) is 41.8 Å². The number of aromatic nitrogens is 1. The first-order chi connectivity index (χ1) is 8.65. The van der Waals surface area contributed by atoms with Gasteiger partial charge >= 0.3 is 0 Å². The summed E-state index contributed by atoms with van der Waals surface area (Å²) in [6.07, 6.45) is 0.700. The molecular weight excluding hydrogens is 231 g/mol. The molecule has 0 radical (unpaired) electrons. The SMILES string of the molecule is CCc1nc(N)ccc1-c1ccc(OC)cc1F. The number of hydrogen-bond acceptors (Lipinski definition) is 3. The molecule has 18 heavy (non-hydrogen) atoms. The molecule has 0 amide bonds. The van der Waals surface area contributed by atoms with E-state index in [1.807, 2.05) is 6.92 Å². The molecule has 0 aliphatic carbocycles. The Morgan fingerprint density at radius 3 is 2.56 bits per heavy atom. The molecule has 3 nitrogen and oxygen atoms in total. The number of nitrogen functional groups attached to an aromatic ring is 1. The van der Waals surface area contributed by atoms with Gasteiger partial charge in [0.25, 0.3) is 0 Å². The van der Waals surface area contributed by atoms with Gasteiger partial charge in [0.2, 0.25) is 0 Å². The van der Waals surface area contributed by atoms with E-state index in [4.69, 9.17) is 10.5 Å². The van der Waals surface area contributed by atoms with Crippen molar-refractivity contribution < 1.29 is 9.13 Å². The summed E-state index contributed by atoms with van der Waals surface area (Å²) in [5.41, 5.74) is 7.72. The maximum Gasteiger partial charge on any atom is 0.134 e. The van der Waals surface area contributed by atoms with Crippen molar-refractivity contribution in [2.24, 2.45) is 0 Å². The van der Waals surface area contributed by atoms with Crippen LogP contribution >= 0.6 is 0 Å². The largest absolute Gasteiger partial charge is 0.497 e. The summed E-state index contributed by atoms with van der Waals surface area (Å²) in [5, 5.41) is 0. The molecule has 0 saturated carbocycles. The smallest absolute Gasteiger partial charge is 0.134 e. The molecule has 2 N–H and O–H groups in total. The van der Waals surface area contributed by atoms with E-state index in [1.165, 1.54) is 13.2 Å². The van der Waals surface area contributed by atoms with Crippen molar-refractivity contribution in [1.29, 1.82) is 0 Å². The highest BCUT2D eigenvalue weighted by Crippen LogP contribution is 2.29. The fourth-order valence-electron chi connectivity index (χ4n) is 1.87. The molecule has 94 valence electrons. The second-order valence-corrected chi connectivity index (χ2v) is 3.93. The van der Waals surface area contributed by atoms with Gasteiger partial charge in [0, 0.05) is 17.2 Å². The summed E-state index contributed by atoms with van der Waals surface area (Å²) >= 11 is 0. The van der Waals surface area contributed by atoms with Gasteiger partial charge in [-0.05, 0) is 30.7 Å². The second-order valence-electron chi connectivity index (χ2n) is 3.93. The van der Waals surface area contributed by atoms with Crippen LogP contribution in [0, 0.1) is 5.82 Å². The van der Waals surface area contributed by atoms with E-state index in [9.17, 15) is 4.39 Å². The first-order valence-corrected chi connectivity index (χ1v) is 5.75. The Labute approximate surface area is 105 Å². The van der Waals surface area contributed by atoms with Gasteiger partial charge in [-0.3, -0.25) is 0 Å². The number of pyridine rings is 1. The number of nitrogens with two attached hydrogens (primary N) is 1. The zero-order valence-electron chi connectivity index (χ0n) is 10.4. The second kappa shape index (κ2) is 5.04. The molecule has 0 aliphatic heterocycles. The normalized spacial score (nSPS) is 10.4. The number of methoxy groups -OCH3 is 1. The minimum Gasteiger partial charge on any atom is -0.497 e. The average Bonchev–Trinajstić information content (AvgIpc) is 2.39. The molecule has 0 spiro atoms. The number of hydrogen-bond donors (Lipinski definition) is 1. The highest BCUT2D eigenvalue weighted by atomic mass is 19.1. The number of benzene rings is 1. The predicted octanol–water partition coefficient (Wildman–Crippen LogP) is 3.04. The van der Waals surface area contributed by atoms with E-state index < -0.39 is 0 Å². The standard InChI is InChI=1S/C14H15FN2O/c1-3-13-11(6-7-14(16)17-13)10-5-4-9(18-2)8-12(10)15/h4-8H,3H2,1-2H3,(H2,16,17). The van der Waals surface area contributed by atoms with Crippen molar-refractivity contribution in [2.45, 2.75) is 13.3 Å². The highest BCUT2D eigenvalue weighted by molar-refractivity contribution is 5.68. The summed E-state index contributed by atoms with van der Waals surface area (Å²) in [4.78, 5) is 4.23. The van der Waals surface area contributed by atoms with Gasteiger partial charge in [-0.25, -0.2) is 9.37 Å². The lowest BCUT2D eigenvalue weighted by atomic mass is 10.0. The topological polar surface area (TPSA) is 48.1 Å². The minimum atomic E-state index is -0.323. The van der Waals surface area contributed by atoms with Crippen molar-refractivity contribution >= 4 is 5.82 Å². The van der Waals surface area contributed by atoms with Crippen LogP contribution in [-0.2, 0) is 6.42 Å². The number of rotatable bonds is 3. The third-order valence-corrected chi connectivity index (χ3v) is 2.80. The van der Waals surface area contributed by atoms with Gasteiger partial charge < -0.3 is 10.5 Å². The Hall–Kier alpha value is -2.10. The Balaban J connectivity index is 2.54. The van der Waals surface area contributed by atoms with Gasteiger partial charge in [0.15, 0.2) is 0 Å². The molecule has 2 aromatic rings. The zero-order valence-corrected chi connectivity index (χ0v) is 10.4. The molecule has 0 saturated heterocycles. The number of nitrogens with zero attached hydrogens (tertiary/aromatic N) is 1. The van der Waals surface area contributed by atoms with E-state index in [0.717, 1.165) is 11.3 Å². The first kappa shape index (κ1) is 12.4. The molecule has 1 aromatic carbocycles. The maximum absolute atomic E-state index is 14.0. The van der Waals surface area contributed by atoms with Crippen molar-refractivity contribution in [1.82, 2.24) is 4.98 Å². The minimum absolute atomic E-state index is 0.323. The highest BCUT2D eigenvalue weighted by Gasteiger charge is 2.11. The monoisotopic (exact) mass is 246 g/mol. The number of halogens is 1. The van der Waals surface area contributed by atoms with Crippen molar-refractivity contribution in [3.63, 3.8) is 0 Å². The van der Waals surface area contributed by atoms with E-state index in [-0.39, 0.29) is 5.82 Å². The quantitative estimate of drug-likeness (QED) is 0.905. The lowest BCUT2D eigenvalue weighted by molar-refractivity contribution is 0.411. The van der Waals surface area contributed by atoms with E-state index in [0.29, 0.717) is 23.6 Å². The number of ether oxygens (including phenoxy) is 1. The van der Waals surface area contributed by atoms with Crippen LogP contribution in [0.5, 0.6) is 5.75 Å². The molecule has 0 atom stereocenters. The van der Waals surface area contributed by atoms with Crippen LogP contribution in [-0.4, -0.2) is 12.1 Å². The summed E-state index contributed by atoms with van der Waals surface area (Å²) in [6.45, 7) is 1.96. The van der Waals surface area contributed by atoms with Gasteiger partial charge in [-0.15, -0.1) is 0 Å². The van der Waals surface area contributed by atoms with Crippen LogP contribution in [0.2, 0.25) is 0 Å². The van der Waals surface area contributed by atoms with Crippen LogP contribution < -0.4 is 10.5 Å². The molecule has 0 unspecified atom stereocenters. The molecule has 4 heteroatoms. The van der Waals surface area contributed by atoms with E-state index in [1.54, 1.807) is 24.3 Å². The number of anilines is 1. The molecular formula is C14H15FN2O. The van der Waals surface area contributed by atoms with Crippen LogP contribution in [0.15, 0.2) is 30.3 Å². The van der Waals surface area contributed by atoms with Gasteiger partial charge in [0.1, 0.15) is 17.4 Å². The van der Waals surface area contributed by atoms with Crippen LogP contribution in [0.4, 0.5) is 10.2 Å². The van der Waals surface area contributed by atoms with Crippen LogP contribution in [0.25, 0.3) is 11.1 Å². The lowest BCUT2D eigenvalue weighted by Gasteiger charge is -2.10. The van der Waals surface area contributed by atoms with Gasteiger partial charge in [-0.1, -0.05) is 6.92 Å².